The predicted molar refractivity (Wildman–Crippen MR) is 123 cm³/mol. The van der Waals surface area contributed by atoms with E-state index in [0.717, 1.165) is 16.8 Å². The van der Waals surface area contributed by atoms with Crippen LogP contribution in [0.2, 0.25) is 0 Å². The van der Waals surface area contributed by atoms with Crippen LogP contribution in [0, 0.1) is 13.8 Å². The van der Waals surface area contributed by atoms with Gasteiger partial charge in [-0.05, 0) is 73.5 Å². The van der Waals surface area contributed by atoms with E-state index >= 15 is 0 Å². The Bertz CT molecular complexity index is 1350. The molecule has 0 spiro atoms. The van der Waals surface area contributed by atoms with Gasteiger partial charge >= 0.3 is 0 Å². The fourth-order valence-corrected chi connectivity index (χ4v) is 4.13. The van der Waals surface area contributed by atoms with Gasteiger partial charge in [0.25, 0.3) is 10.0 Å². The largest absolute Gasteiger partial charge is 0.497 e. The van der Waals surface area contributed by atoms with E-state index in [1.165, 1.54) is 0 Å². The Morgan fingerprint density at radius 1 is 0.806 bits per heavy atom. The number of nitrogens with one attached hydrogen (secondary N) is 2. The molecule has 0 radical (unpaired) electrons. The van der Waals surface area contributed by atoms with E-state index in [1.807, 2.05) is 44.2 Å². The standard InChI is InChI=1S/C23H22N4O3S/c1-15-8-13-19(14-16(15)2)31(28,29)27-23-22(24-17-9-11-18(30-3)12-10-17)25-20-6-4-5-7-21(20)26-23/h4-14H,1-3H3,(H,24,25)(H,26,27). The number of aryl methyl sites for hydroxylation is 2. The zero-order chi connectivity index (χ0) is 22.0. The molecule has 0 fully saturated rings. The molecule has 8 heteroatoms. The molecule has 0 aliphatic carbocycles. The van der Waals surface area contributed by atoms with Crippen molar-refractivity contribution in [2.45, 2.75) is 18.7 Å². The molecule has 0 atom stereocenters. The highest BCUT2D eigenvalue weighted by Crippen LogP contribution is 2.28. The van der Waals surface area contributed by atoms with Crippen LogP contribution in [-0.4, -0.2) is 25.5 Å². The molecule has 0 bridgehead atoms. The number of rotatable bonds is 6. The quantitative estimate of drug-likeness (QED) is 0.453. The average molecular weight is 435 g/mol. The molecule has 31 heavy (non-hydrogen) atoms. The van der Waals surface area contributed by atoms with Gasteiger partial charge in [-0.25, -0.2) is 18.4 Å². The topological polar surface area (TPSA) is 93.2 Å². The monoisotopic (exact) mass is 434 g/mol. The summed E-state index contributed by atoms with van der Waals surface area (Å²) in [4.78, 5) is 9.27. The minimum atomic E-state index is -3.86. The van der Waals surface area contributed by atoms with E-state index < -0.39 is 10.0 Å². The number of anilines is 3. The van der Waals surface area contributed by atoms with Crippen LogP contribution in [0.1, 0.15) is 11.1 Å². The third kappa shape index (κ3) is 4.44. The van der Waals surface area contributed by atoms with E-state index in [2.05, 4.69) is 20.0 Å². The number of para-hydroxylation sites is 2. The van der Waals surface area contributed by atoms with E-state index in [-0.39, 0.29) is 10.7 Å². The number of aromatic nitrogens is 2. The summed E-state index contributed by atoms with van der Waals surface area (Å²) < 4.78 is 33.9. The Morgan fingerprint density at radius 3 is 2.06 bits per heavy atom. The van der Waals surface area contributed by atoms with Crippen LogP contribution < -0.4 is 14.8 Å². The molecule has 0 saturated carbocycles. The van der Waals surface area contributed by atoms with Crippen LogP contribution in [0.3, 0.4) is 0 Å². The van der Waals surface area contributed by atoms with Crippen LogP contribution in [0.5, 0.6) is 5.75 Å². The van der Waals surface area contributed by atoms with Crippen molar-refractivity contribution in [3.05, 3.63) is 77.9 Å². The summed E-state index contributed by atoms with van der Waals surface area (Å²) in [7, 11) is -2.27. The Balaban J connectivity index is 1.75. The molecule has 158 valence electrons. The van der Waals surface area contributed by atoms with Crippen molar-refractivity contribution in [2.24, 2.45) is 0 Å². The van der Waals surface area contributed by atoms with Gasteiger partial charge in [0.2, 0.25) is 0 Å². The summed E-state index contributed by atoms with van der Waals surface area (Å²) >= 11 is 0. The normalized spacial score (nSPS) is 11.3. The van der Waals surface area contributed by atoms with E-state index in [1.54, 1.807) is 43.5 Å². The van der Waals surface area contributed by atoms with Gasteiger partial charge in [-0.3, -0.25) is 4.72 Å². The maximum atomic E-state index is 13.1. The van der Waals surface area contributed by atoms with Crippen molar-refractivity contribution < 1.29 is 13.2 Å². The average Bonchev–Trinajstić information content (AvgIpc) is 2.76. The molecule has 7 nitrogen and oxygen atoms in total. The Hall–Kier alpha value is -3.65. The number of ether oxygens (including phenoxy) is 1. The van der Waals surface area contributed by atoms with Crippen molar-refractivity contribution >= 4 is 38.4 Å². The van der Waals surface area contributed by atoms with Crippen LogP contribution >= 0.6 is 0 Å². The summed E-state index contributed by atoms with van der Waals surface area (Å²) in [5.74, 6) is 1.13. The lowest BCUT2D eigenvalue weighted by atomic mass is 10.1. The maximum Gasteiger partial charge on any atom is 0.263 e. The molecule has 1 heterocycles. The number of hydrogen-bond acceptors (Lipinski definition) is 6. The number of nitrogens with zero attached hydrogens (tertiary/aromatic N) is 2. The lowest BCUT2D eigenvalue weighted by molar-refractivity contribution is 0.415. The molecule has 2 N–H and O–H groups in total. The van der Waals surface area contributed by atoms with Gasteiger partial charge in [-0.15, -0.1) is 0 Å². The number of hydrogen-bond donors (Lipinski definition) is 2. The summed E-state index contributed by atoms with van der Waals surface area (Å²) in [6, 6.07) is 19.5. The van der Waals surface area contributed by atoms with E-state index in [0.29, 0.717) is 22.6 Å². The molecule has 0 aliphatic heterocycles. The predicted octanol–water partition coefficient (Wildman–Crippen LogP) is 4.80. The highest BCUT2D eigenvalue weighted by Gasteiger charge is 2.19. The molecule has 0 amide bonds. The van der Waals surface area contributed by atoms with Crippen molar-refractivity contribution in [3.63, 3.8) is 0 Å². The van der Waals surface area contributed by atoms with Gasteiger partial charge in [-0.1, -0.05) is 18.2 Å². The zero-order valence-corrected chi connectivity index (χ0v) is 18.2. The Kier molecular flexibility index (Phi) is 5.48. The summed E-state index contributed by atoms with van der Waals surface area (Å²) in [5, 5.41) is 3.15. The smallest absolute Gasteiger partial charge is 0.263 e. The van der Waals surface area contributed by atoms with Crippen LogP contribution in [0.25, 0.3) is 11.0 Å². The zero-order valence-electron chi connectivity index (χ0n) is 17.4. The molecule has 3 aromatic carbocycles. The summed E-state index contributed by atoms with van der Waals surface area (Å²) in [6.45, 7) is 3.81. The minimum Gasteiger partial charge on any atom is -0.497 e. The lowest BCUT2D eigenvalue weighted by Crippen LogP contribution is -2.16. The van der Waals surface area contributed by atoms with Crippen LogP contribution in [0.4, 0.5) is 17.3 Å². The maximum absolute atomic E-state index is 13.1. The molecular formula is C23H22N4O3S. The first-order valence-electron chi connectivity index (χ1n) is 9.64. The highest BCUT2D eigenvalue weighted by atomic mass is 32.2. The molecule has 4 rings (SSSR count). The Labute approximate surface area is 181 Å². The first kappa shape index (κ1) is 20.6. The van der Waals surface area contributed by atoms with Crippen molar-refractivity contribution in [3.8, 4) is 5.75 Å². The van der Waals surface area contributed by atoms with Crippen LogP contribution in [0.15, 0.2) is 71.6 Å². The SMILES string of the molecule is COc1ccc(Nc2nc3ccccc3nc2NS(=O)(=O)c2ccc(C)c(C)c2)cc1. The molecule has 0 aliphatic rings. The third-order valence-electron chi connectivity index (χ3n) is 4.94. The second kappa shape index (κ2) is 8.23. The van der Waals surface area contributed by atoms with Crippen LogP contribution in [-0.2, 0) is 10.0 Å². The van der Waals surface area contributed by atoms with Crippen molar-refractivity contribution in [1.29, 1.82) is 0 Å². The van der Waals surface area contributed by atoms with Crippen molar-refractivity contribution in [1.82, 2.24) is 9.97 Å². The summed E-state index contributed by atoms with van der Waals surface area (Å²) in [5.41, 5.74) is 3.86. The number of sulfonamides is 1. The molecule has 1 aromatic heterocycles. The lowest BCUT2D eigenvalue weighted by Gasteiger charge is -2.14. The van der Waals surface area contributed by atoms with E-state index in [9.17, 15) is 8.42 Å². The third-order valence-corrected chi connectivity index (χ3v) is 6.28. The van der Waals surface area contributed by atoms with Crippen molar-refractivity contribution in [2.75, 3.05) is 17.1 Å². The highest BCUT2D eigenvalue weighted by molar-refractivity contribution is 7.92. The first-order chi connectivity index (χ1) is 14.9. The Morgan fingerprint density at radius 2 is 1.45 bits per heavy atom. The number of benzene rings is 3. The molecular weight excluding hydrogens is 412 g/mol. The van der Waals surface area contributed by atoms with Gasteiger partial charge in [0.15, 0.2) is 11.6 Å². The molecule has 0 saturated heterocycles. The van der Waals surface area contributed by atoms with Gasteiger partial charge in [0.05, 0.1) is 23.0 Å². The van der Waals surface area contributed by atoms with Gasteiger partial charge < -0.3 is 10.1 Å². The second-order valence-electron chi connectivity index (χ2n) is 7.11. The fraction of sp³-hybridized carbons (Fsp3) is 0.130. The fourth-order valence-electron chi connectivity index (χ4n) is 3.04. The van der Waals surface area contributed by atoms with Gasteiger partial charge in [0, 0.05) is 5.69 Å². The first-order valence-corrected chi connectivity index (χ1v) is 11.1. The summed E-state index contributed by atoms with van der Waals surface area (Å²) in [6.07, 6.45) is 0. The minimum absolute atomic E-state index is 0.118. The molecule has 0 unspecified atom stereocenters. The van der Waals surface area contributed by atoms with Gasteiger partial charge in [-0.2, -0.15) is 0 Å². The number of methoxy groups -OCH3 is 1. The second-order valence-corrected chi connectivity index (χ2v) is 8.80. The van der Waals surface area contributed by atoms with Gasteiger partial charge in [0.1, 0.15) is 5.75 Å². The molecule has 4 aromatic rings. The van der Waals surface area contributed by atoms with E-state index in [4.69, 9.17) is 4.74 Å². The number of fused-ring (bicyclic) bond motifs is 1.